The number of carbonyl (C=O) groups is 1. The van der Waals surface area contributed by atoms with E-state index >= 15 is 0 Å². The van der Waals surface area contributed by atoms with E-state index in [9.17, 15) is 4.79 Å². The summed E-state index contributed by atoms with van der Waals surface area (Å²) in [6.07, 6.45) is 2.73. The van der Waals surface area contributed by atoms with Crippen LogP contribution in [0.3, 0.4) is 0 Å². The summed E-state index contributed by atoms with van der Waals surface area (Å²) in [5.74, 6) is 0.304. The highest BCUT2D eigenvalue weighted by Gasteiger charge is 2.23. The van der Waals surface area contributed by atoms with E-state index in [-0.39, 0.29) is 5.41 Å². The molecule has 90 valence electrons. The van der Waals surface area contributed by atoms with Crippen LogP contribution in [0.4, 0.5) is 0 Å². The van der Waals surface area contributed by atoms with Crippen LogP contribution in [0.15, 0.2) is 0 Å². The molecular formula is C13H27NO. The molecule has 0 saturated carbocycles. The van der Waals surface area contributed by atoms with Gasteiger partial charge in [-0.05, 0) is 25.2 Å². The molecule has 0 fully saturated rings. The lowest BCUT2D eigenvalue weighted by atomic mass is 9.91. The van der Waals surface area contributed by atoms with E-state index in [0.29, 0.717) is 18.4 Å². The minimum absolute atomic E-state index is 0.0938. The van der Waals surface area contributed by atoms with Gasteiger partial charge in [0.25, 0.3) is 0 Å². The summed E-state index contributed by atoms with van der Waals surface area (Å²) in [5.41, 5.74) is 0.0938. The highest BCUT2D eigenvalue weighted by atomic mass is 16.2. The first-order chi connectivity index (χ1) is 6.81. The lowest BCUT2D eigenvalue weighted by Gasteiger charge is -2.31. The summed E-state index contributed by atoms with van der Waals surface area (Å²) in [6, 6.07) is 0.375. The lowest BCUT2D eigenvalue weighted by Crippen LogP contribution is -2.40. The molecule has 15 heavy (non-hydrogen) atoms. The standard InChI is InChI=1S/C13H27NO/c1-7-9-14(11(3)8-2)12(15)10-13(4,5)6/h11H,7-10H2,1-6H3. The van der Waals surface area contributed by atoms with Crippen molar-refractivity contribution in [1.29, 1.82) is 0 Å². The fourth-order valence-electron chi connectivity index (χ4n) is 1.61. The molecule has 0 aliphatic heterocycles. The molecule has 2 nitrogen and oxygen atoms in total. The molecule has 2 heteroatoms. The summed E-state index contributed by atoms with van der Waals surface area (Å²) in [7, 11) is 0. The van der Waals surface area contributed by atoms with Crippen molar-refractivity contribution in [2.24, 2.45) is 5.41 Å². The molecule has 0 N–H and O–H groups in total. The Morgan fingerprint density at radius 3 is 2.13 bits per heavy atom. The molecule has 1 amide bonds. The van der Waals surface area contributed by atoms with Crippen LogP contribution in [-0.2, 0) is 4.79 Å². The summed E-state index contributed by atoms with van der Waals surface area (Å²) in [5, 5.41) is 0. The van der Waals surface area contributed by atoms with Gasteiger partial charge in [0.15, 0.2) is 0 Å². The van der Waals surface area contributed by atoms with Crippen molar-refractivity contribution < 1.29 is 4.79 Å². The second-order valence-electron chi connectivity index (χ2n) is 5.58. The van der Waals surface area contributed by atoms with E-state index in [1.807, 2.05) is 4.90 Å². The Labute approximate surface area is 95.0 Å². The topological polar surface area (TPSA) is 20.3 Å². The predicted octanol–water partition coefficient (Wildman–Crippen LogP) is 3.46. The minimum atomic E-state index is 0.0938. The van der Waals surface area contributed by atoms with Gasteiger partial charge in [-0.15, -0.1) is 0 Å². The van der Waals surface area contributed by atoms with Gasteiger partial charge in [0.2, 0.25) is 5.91 Å². The normalized spacial score (nSPS) is 13.7. The van der Waals surface area contributed by atoms with Crippen LogP contribution in [0.5, 0.6) is 0 Å². The van der Waals surface area contributed by atoms with Gasteiger partial charge in [-0.3, -0.25) is 4.79 Å². The maximum Gasteiger partial charge on any atom is 0.223 e. The Hall–Kier alpha value is -0.530. The smallest absolute Gasteiger partial charge is 0.223 e. The Kier molecular flexibility index (Phi) is 5.92. The number of hydrogen-bond donors (Lipinski definition) is 0. The third kappa shape index (κ3) is 5.81. The van der Waals surface area contributed by atoms with Crippen LogP contribution in [0.1, 0.15) is 60.8 Å². The summed E-state index contributed by atoms with van der Waals surface area (Å²) >= 11 is 0. The van der Waals surface area contributed by atoms with Crippen LogP contribution in [0.2, 0.25) is 0 Å². The Balaban J connectivity index is 4.42. The van der Waals surface area contributed by atoms with E-state index in [0.717, 1.165) is 19.4 Å². The van der Waals surface area contributed by atoms with Gasteiger partial charge >= 0.3 is 0 Å². The number of rotatable bonds is 5. The van der Waals surface area contributed by atoms with Gasteiger partial charge in [0.05, 0.1) is 0 Å². The second kappa shape index (κ2) is 6.14. The van der Waals surface area contributed by atoms with Crippen LogP contribution in [0, 0.1) is 5.41 Å². The second-order valence-corrected chi connectivity index (χ2v) is 5.58. The van der Waals surface area contributed by atoms with Crippen molar-refractivity contribution in [1.82, 2.24) is 4.90 Å². The molecule has 0 aliphatic rings. The Morgan fingerprint density at radius 2 is 1.80 bits per heavy atom. The molecule has 0 aromatic heterocycles. The maximum atomic E-state index is 12.1. The molecule has 0 saturated heterocycles. The molecular weight excluding hydrogens is 186 g/mol. The zero-order valence-corrected chi connectivity index (χ0v) is 11.3. The molecule has 0 bridgehead atoms. The monoisotopic (exact) mass is 213 g/mol. The van der Waals surface area contributed by atoms with Crippen LogP contribution in [0.25, 0.3) is 0 Å². The van der Waals surface area contributed by atoms with Gasteiger partial charge in [-0.25, -0.2) is 0 Å². The number of carbonyl (C=O) groups excluding carboxylic acids is 1. The Bertz CT molecular complexity index is 193. The number of hydrogen-bond acceptors (Lipinski definition) is 1. The quantitative estimate of drug-likeness (QED) is 0.685. The highest BCUT2D eigenvalue weighted by molar-refractivity contribution is 5.77. The summed E-state index contributed by atoms with van der Waals surface area (Å²) in [4.78, 5) is 14.1. The third-order valence-corrected chi connectivity index (χ3v) is 2.59. The molecule has 0 heterocycles. The predicted molar refractivity (Wildman–Crippen MR) is 65.8 cm³/mol. The van der Waals surface area contributed by atoms with E-state index in [2.05, 4.69) is 41.5 Å². The lowest BCUT2D eigenvalue weighted by molar-refractivity contribution is -0.135. The first-order valence-corrected chi connectivity index (χ1v) is 6.11. The SMILES string of the molecule is CCCN(C(=O)CC(C)(C)C)C(C)CC. The average molecular weight is 213 g/mol. The van der Waals surface area contributed by atoms with Crippen molar-refractivity contribution >= 4 is 5.91 Å². The molecule has 1 atom stereocenters. The fourth-order valence-corrected chi connectivity index (χ4v) is 1.61. The van der Waals surface area contributed by atoms with Crippen LogP contribution in [-0.4, -0.2) is 23.4 Å². The molecule has 1 unspecified atom stereocenters. The van der Waals surface area contributed by atoms with E-state index in [1.165, 1.54) is 0 Å². The number of amides is 1. The minimum Gasteiger partial charge on any atom is -0.340 e. The van der Waals surface area contributed by atoms with Gasteiger partial charge in [-0.2, -0.15) is 0 Å². The summed E-state index contributed by atoms with van der Waals surface area (Å²) < 4.78 is 0. The first-order valence-electron chi connectivity index (χ1n) is 6.11. The zero-order valence-electron chi connectivity index (χ0n) is 11.3. The average Bonchev–Trinajstić information content (AvgIpc) is 2.10. The van der Waals surface area contributed by atoms with E-state index in [1.54, 1.807) is 0 Å². The van der Waals surface area contributed by atoms with Crippen molar-refractivity contribution in [2.75, 3.05) is 6.54 Å². The zero-order chi connectivity index (χ0) is 12.1. The Morgan fingerprint density at radius 1 is 1.27 bits per heavy atom. The van der Waals surface area contributed by atoms with Gasteiger partial charge in [0.1, 0.15) is 0 Å². The summed E-state index contributed by atoms with van der Waals surface area (Å²) in [6.45, 7) is 13.6. The van der Waals surface area contributed by atoms with Crippen molar-refractivity contribution in [3.05, 3.63) is 0 Å². The van der Waals surface area contributed by atoms with Crippen LogP contribution < -0.4 is 0 Å². The van der Waals surface area contributed by atoms with Crippen LogP contribution >= 0.6 is 0 Å². The third-order valence-electron chi connectivity index (χ3n) is 2.59. The van der Waals surface area contributed by atoms with Crippen molar-refractivity contribution in [2.45, 2.75) is 66.8 Å². The van der Waals surface area contributed by atoms with E-state index < -0.39 is 0 Å². The molecule has 0 aliphatic carbocycles. The van der Waals surface area contributed by atoms with E-state index in [4.69, 9.17) is 0 Å². The van der Waals surface area contributed by atoms with Crippen molar-refractivity contribution in [3.8, 4) is 0 Å². The van der Waals surface area contributed by atoms with Gasteiger partial charge in [-0.1, -0.05) is 34.6 Å². The van der Waals surface area contributed by atoms with Gasteiger partial charge in [0, 0.05) is 19.0 Å². The van der Waals surface area contributed by atoms with Gasteiger partial charge < -0.3 is 4.90 Å². The highest BCUT2D eigenvalue weighted by Crippen LogP contribution is 2.21. The molecule has 0 aromatic rings. The molecule has 0 spiro atoms. The maximum absolute atomic E-state index is 12.1. The van der Waals surface area contributed by atoms with Crippen molar-refractivity contribution in [3.63, 3.8) is 0 Å². The first kappa shape index (κ1) is 14.5. The molecule has 0 rings (SSSR count). The number of nitrogens with zero attached hydrogens (tertiary/aromatic N) is 1. The molecule has 0 radical (unpaired) electrons. The molecule has 0 aromatic carbocycles. The largest absolute Gasteiger partial charge is 0.340 e. The fraction of sp³-hybridized carbons (Fsp3) is 0.923.